The zero-order valence-corrected chi connectivity index (χ0v) is 25.3. The third kappa shape index (κ3) is 12.1. The summed E-state index contributed by atoms with van der Waals surface area (Å²) in [6.07, 6.45) is -0.892. The van der Waals surface area contributed by atoms with E-state index in [-0.39, 0.29) is 62.8 Å². The first-order valence-electron chi connectivity index (χ1n) is 10.9. The molecule has 2 atom stereocenters. The topological polar surface area (TPSA) is 183 Å². The van der Waals surface area contributed by atoms with Gasteiger partial charge in [-0.2, -0.15) is 27.0 Å². The molecule has 216 valence electrons. The van der Waals surface area contributed by atoms with Gasteiger partial charge >= 0.3 is 12.2 Å². The van der Waals surface area contributed by atoms with Gasteiger partial charge in [0.2, 0.25) is 0 Å². The van der Waals surface area contributed by atoms with E-state index >= 15 is 0 Å². The molecule has 4 rings (SSSR count). The van der Waals surface area contributed by atoms with Crippen molar-refractivity contribution in [2.75, 3.05) is 45.6 Å². The molecule has 2 heterocycles. The molecule has 2 aromatic carbocycles. The number of hydrogen-bond acceptors (Lipinski definition) is 10. The van der Waals surface area contributed by atoms with E-state index in [2.05, 4.69) is 27.9 Å². The Kier molecular flexibility index (Phi) is 16.2. The normalized spacial score (nSPS) is 17.1. The molecule has 0 aromatic heterocycles. The summed E-state index contributed by atoms with van der Waals surface area (Å²) in [5.41, 5.74) is 6.20. The summed E-state index contributed by atoms with van der Waals surface area (Å²) in [6, 6.07) is 12.5. The number of benzene rings is 2. The Morgan fingerprint density at radius 2 is 1.28 bits per heavy atom. The minimum absolute atomic E-state index is 0. The first kappa shape index (κ1) is 36.0. The van der Waals surface area contributed by atoms with Crippen LogP contribution >= 0.6 is 49.6 Å². The molecule has 0 radical (unpaired) electrons. The van der Waals surface area contributed by atoms with E-state index in [0.29, 0.717) is 26.2 Å². The third-order valence-corrected chi connectivity index (χ3v) is 5.74. The van der Waals surface area contributed by atoms with Crippen LogP contribution in [0.5, 0.6) is 0 Å². The standard InChI is InChI=1S/C11H13N3O4.C6H4INO2.C5H10N2O2.2H2S/c1-13-7-10(18-11(13)15)6-12-8-2-4-9(5-3-8)14(16)17;7-5-1-3-6(4-2-5)8(9)10;1-7-3-4(2-6)9-5(7)8;;/h2-5,10,12H,6-7H2,1H3;1-4H;4H,2-3,6H2,1H3;2*1H2/t10-;;4-;;/m0.0../s1. The Morgan fingerprint density at radius 3 is 1.62 bits per heavy atom. The first-order valence-corrected chi connectivity index (χ1v) is 12.0. The van der Waals surface area contributed by atoms with Gasteiger partial charge in [-0.25, -0.2) is 9.59 Å². The van der Waals surface area contributed by atoms with Crippen molar-refractivity contribution in [3.05, 3.63) is 72.3 Å². The van der Waals surface area contributed by atoms with Gasteiger partial charge in [0.1, 0.15) is 12.2 Å². The van der Waals surface area contributed by atoms with Crippen LogP contribution in [0.2, 0.25) is 0 Å². The fourth-order valence-electron chi connectivity index (χ4n) is 3.02. The highest BCUT2D eigenvalue weighted by atomic mass is 127. The molecule has 0 saturated carbocycles. The Bertz CT molecular complexity index is 1100. The summed E-state index contributed by atoms with van der Waals surface area (Å²) in [5.74, 6) is 0. The monoisotopic (exact) mass is 698 g/mol. The number of nitrogens with zero attached hydrogens (tertiary/aromatic N) is 4. The number of non-ortho nitro benzene ring substituents is 2. The van der Waals surface area contributed by atoms with Crippen molar-refractivity contribution in [1.29, 1.82) is 0 Å². The van der Waals surface area contributed by atoms with Crippen molar-refractivity contribution < 1.29 is 28.9 Å². The van der Waals surface area contributed by atoms with E-state index in [4.69, 9.17) is 15.2 Å². The Labute approximate surface area is 252 Å². The summed E-state index contributed by atoms with van der Waals surface area (Å²) in [7, 11) is 3.37. The third-order valence-electron chi connectivity index (χ3n) is 5.03. The van der Waals surface area contributed by atoms with E-state index in [1.54, 1.807) is 38.4 Å². The smallest absolute Gasteiger partial charge is 0.410 e. The lowest BCUT2D eigenvalue weighted by molar-refractivity contribution is -0.385. The van der Waals surface area contributed by atoms with Crippen LogP contribution in [0.15, 0.2) is 48.5 Å². The quantitative estimate of drug-likeness (QED) is 0.258. The van der Waals surface area contributed by atoms with Crippen LogP contribution in [0.25, 0.3) is 0 Å². The fraction of sp³-hybridized carbons (Fsp3) is 0.364. The lowest BCUT2D eigenvalue weighted by atomic mass is 10.2. The summed E-state index contributed by atoms with van der Waals surface area (Å²) in [5, 5.41) is 23.7. The van der Waals surface area contributed by atoms with E-state index < -0.39 is 9.85 Å². The zero-order chi connectivity index (χ0) is 27.5. The fourth-order valence-corrected chi connectivity index (χ4v) is 3.38. The molecule has 17 heteroatoms. The van der Waals surface area contributed by atoms with E-state index in [0.717, 1.165) is 9.26 Å². The van der Waals surface area contributed by atoms with E-state index in [1.807, 2.05) is 0 Å². The molecule has 2 aliphatic rings. The molecular weight excluding hydrogens is 667 g/mol. The number of nitrogens with one attached hydrogen (secondary N) is 1. The average molecular weight is 699 g/mol. The molecule has 3 N–H and O–H groups in total. The first-order chi connectivity index (χ1) is 17.5. The molecular formula is C22H31IN6O8S2. The predicted molar refractivity (Wildman–Crippen MR) is 163 cm³/mol. The van der Waals surface area contributed by atoms with Crippen molar-refractivity contribution in [2.24, 2.45) is 5.73 Å². The second-order valence-corrected chi connectivity index (χ2v) is 9.17. The largest absolute Gasteiger partial charge is 0.443 e. The number of nitrogens with two attached hydrogens (primary N) is 1. The second-order valence-electron chi connectivity index (χ2n) is 7.93. The van der Waals surface area contributed by atoms with Gasteiger partial charge in [-0.05, 0) is 46.9 Å². The number of anilines is 1. The maximum atomic E-state index is 11.1. The maximum absolute atomic E-state index is 11.1. The van der Waals surface area contributed by atoms with Gasteiger partial charge in [-0.15, -0.1) is 0 Å². The number of rotatable bonds is 6. The van der Waals surface area contributed by atoms with Gasteiger partial charge in [-0.1, -0.05) is 0 Å². The van der Waals surface area contributed by atoms with Gasteiger partial charge in [0.05, 0.1) is 29.5 Å². The lowest BCUT2D eigenvalue weighted by Gasteiger charge is -2.10. The SMILES string of the molecule is CN1C[C@H](CN)OC1=O.CN1C[C@H](CNc2ccc([N+](=O)[O-])cc2)OC1=O.O=[N+]([O-])c1ccc(I)cc1.S.S. The van der Waals surface area contributed by atoms with Crippen LogP contribution in [0.4, 0.5) is 26.7 Å². The number of hydrogen-bond donors (Lipinski definition) is 2. The Balaban J connectivity index is 0.000000589. The van der Waals surface area contributed by atoms with Gasteiger partial charge in [0.15, 0.2) is 0 Å². The molecule has 2 aromatic rings. The predicted octanol–water partition coefficient (Wildman–Crippen LogP) is 3.28. The molecule has 2 aliphatic heterocycles. The van der Waals surface area contributed by atoms with Crippen LogP contribution < -0.4 is 11.1 Å². The van der Waals surface area contributed by atoms with E-state index in [1.165, 1.54) is 34.1 Å². The average Bonchev–Trinajstić information content (AvgIpc) is 3.38. The molecule has 0 spiro atoms. The highest BCUT2D eigenvalue weighted by molar-refractivity contribution is 14.1. The molecule has 2 fully saturated rings. The molecule has 39 heavy (non-hydrogen) atoms. The van der Waals surface area contributed by atoms with Gasteiger partial charge in [0.25, 0.3) is 11.4 Å². The van der Waals surface area contributed by atoms with Crippen LogP contribution in [0.3, 0.4) is 0 Å². The molecule has 0 aliphatic carbocycles. The van der Waals surface area contributed by atoms with Crippen molar-refractivity contribution >= 4 is 78.8 Å². The number of carbonyl (C=O) groups excluding carboxylic acids is 2. The number of ether oxygens (including phenoxy) is 2. The van der Waals surface area contributed by atoms with Gasteiger partial charge < -0.3 is 30.3 Å². The Morgan fingerprint density at radius 1 is 0.872 bits per heavy atom. The van der Waals surface area contributed by atoms with Crippen LogP contribution in [-0.4, -0.2) is 84.3 Å². The highest BCUT2D eigenvalue weighted by Gasteiger charge is 2.28. The molecule has 14 nitrogen and oxygen atoms in total. The number of cyclic esters (lactones) is 2. The van der Waals surface area contributed by atoms with Crippen LogP contribution in [0, 0.1) is 23.8 Å². The van der Waals surface area contributed by atoms with Gasteiger partial charge in [0, 0.05) is 54.2 Å². The van der Waals surface area contributed by atoms with E-state index in [9.17, 15) is 29.8 Å². The van der Waals surface area contributed by atoms with Crippen LogP contribution in [-0.2, 0) is 9.47 Å². The number of halogens is 1. The highest BCUT2D eigenvalue weighted by Crippen LogP contribution is 2.16. The molecule has 0 bridgehead atoms. The molecule has 0 unspecified atom stereocenters. The molecule has 2 saturated heterocycles. The van der Waals surface area contributed by atoms with Crippen LogP contribution in [0.1, 0.15) is 0 Å². The summed E-state index contributed by atoms with van der Waals surface area (Å²) in [6.45, 7) is 2.05. The minimum Gasteiger partial charge on any atom is -0.443 e. The van der Waals surface area contributed by atoms with Crippen molar-refractivity contribution in [3.63, 3.8) is 0 Å². The maximum Gasteiger partial charge on any atom is 0.410 e. The summed E-state index contributed by atoms with van der Waals surface area (Å²) in [4.78, 5) is 44.5. The number of nitro benzene ring substituents is 2. The number of likely N-dealkylation sites (N-methyl/N-ethyl adjacent to an activating group) is 2. The van der Waals surface area contributed by atoms with Gasteiger partial charge in [-0.3, -0.25) is 20.2 Å². The second kappa shape index (κ2) is 17.5. The molecule has 2 amide bonds. The van der Waals surface area contributed by atoms with Crippen molar-refractivity contribution in [2.45, 2.75) is 12.2 Å². The number of amides is 2. The minimum atomic E-state index is -0.447. The van der Waals surface area contributed by atoms with Crippen molar-refractivity contribution in [3.8, 4) is 0 Å². The zero-order valence-electron chi connectivity index (χ0n) is 21.1. The summed E-state index contributed by atoms with van der Waals surface area (Å²) >= 11 is 2.10. The lowest BCUT2D eigenvalue weighted by Crippen LogP contribution is -2.24. The Hall–Kier alpha value is -3.03. The number of nitro groups is 2. The summed E-state index contributed by atoms with van der Waals surface area (Å²) < 4.78 is 10.9. The number of carbonyl (C=O) groups is 2. The van der Waals surface area contributed by atoms with Crippen molar-refractivity contribution in [1.82, 2.24) is 9.80 Å².